The van der Waals surface area contributed by atoms with Crippen LogP contribution >= 0.6 is 0 Å². The summed E-state index contributed by atoms with van der Waals surface area (Å²) in [5.41, 5.74) is 3.01. The van der Waals surface area contributed by atoms with Gasteiger partial charge in [-0.05, 0) is 56.0 Å². The summed E-state index contributed by atoms with van der Waals surface area (Å²) in [6.45, 7) is 10.4. The topological polar surface area (TPSA) is 40.7 Å². The molecule has 0 aliphatic heterocycles. The van der Waals surface area contributed by atoms with Crippen LogP contribution in [-0.2, 0) is 6.42 Å². The van der Waals surface area contributed by atoms with Crippen molar-refractivity contribution in [1.82, 2.24) is 15.5 Å². The molecule has 0 aromatic carbocycles. The van der Waals surface area contributed by atoms with E-state index in [9.17, 15) is 0 Å². The first-order chi connectivity index (χ1) is 9.48. The molecule has 2 rings (SSSR count). The number of aromatic nitrogens is 2. The van der Waals surface area contributed by atoms with E-state index in [-0.39, 0.29) is 0 Å². The second-order valence-electron chi connectivity index (χ2n) is 7.44. The Morgan fingerprint density at radius 2 is 2.05 bits per heavy atom. The highest BCUT2D eigenvalue weighted by Crippen LogP contribution is 2.37. The van der Waals surface area contributed by atoms with Crippen molar-refractivity contribution in [2.45, 2.75) is 72.3 Å². The summed E-state index contributed by atoms with van der Waals surface area (Å²) in [4.78, 5) is 0. The van der Waals surface area contributed by atoms with Gasteiger partial charge in [0.25, 0.3) is 0 Å². The Kier molecular flexibility index (Phi) is 5.25. The van der Waals surface area contributed by atoms with Crippen LogP contribution < -0.4 is 5.32 Å². The van der Waals surface area contributed by atoms with Gasteiger partial charge in [-0.2, -0.15) is 5.10 Å². The minimum atomic E-state index is 0.430. The Hall–Kier alpha value is -0.830. The lowest BCUT2D eigenvalue weighted by Gasteiger charge is -2.41. The standard InChI is InChI=1S/C17H31N3/c1-13-14(12-19-20-13)8-7-11-18-16-10-6-5-9-15(16)17(2,3)4/h12,15-16,18H,5-11H2,1-4H3,(H,19,20). The molecule has 1 heterocycles. The molecule has 0 radical (unpaired) electrons. The third-order valence-electron chi connectivity index (χ3n) is 4.84. The maximum atomic E-state index is 4.09. The van der Waals surface area contributed by atoms with Gasteiger partial charge in [0, 0.05) is 11.7 Å². The van der Waals surface area contributed by atoms with E-state index in [0.29, 0.717) is 11.5 Å². The molecule has 3 heteroatoms. The van der Waals surface area contributed by atoms with Crippen LogP contribution in [0.15, 0.2) is 6.20 Å². The van der Waals surface area contributed by atoms with E-state index < -0.39 is 0 Å². The van der Waals surface area contributed by atoms with Crippen molar-refractivity contribution in [3.63, 3.8) is 0 Å². The van der Waals surface area contributed by atoms with Gasteiger partial charge in [0.05, 0.1) is 6.20 Å². The van der Waals surface area contributed by atoms with E-state index in [1.807, 2.05) is 6.20 Å². The zero-order valence-corrected chi connectivity index (χ0v) is 13.6. The fraction of sp³-hybridized carbons (Fsp3) is 0.824. The predicted molar refractivity (Wildman–Crippen MR) is 84.8 cm³/mol. The van der Waals surface area contributed by atoms with Crippen molar-refractivity contribution >= 4 is 0 Å². The molecule has 1 aromatic rings. The fourth-order valence-electron chi connectivity index (χ4n) is 3.61. The average molecular weight is 277 g/mol. The Labute approximate surface area is 123 Å². The van der Waals surface area contributed by atoms with Gasteiger partial charge in [-0.15, -0.1) is 0 Å². The molecule has 0 amide bonds. The number of rotatable bonds is 5. The van der Waals surface area contributed by atoms with Gasteiger partial charge >= 0.3 is 0 Å². The minimum absolute atomic E-state index is 0.430. The summed E-state index contributed by atoms with van der Waals surface area (Å²) in [6, 6.07) is 0.717. The van der Waals surface area contributed by atoms with Crippen LogP contribution in [0.5, 0.6) is 0 Å². The van der Waals surface area contributed by atoms with E-state index >= 15 is 0 Å². The molecule has 20 heavy (non-hydrogen) atoms. The number of aromatic amines is 1. The van der Waals surface area contributed by atoms with Crippen LogP contribution in [0.3, 0.4) is 0 Å². The molecule has 2 unspecified atom stereocenters. The Morgan fingerprint density at radius 3 is 2.70 bits per heavy atom. The first-order valence-electron chi connectivity index (χ1n) is 8.20. The smallest absolute Gasteiger partial charge is 0.0522 e. The number of nitrogens with zero attached hydrogens (tertiary/aromatic N) is 1. The van der Waals surface area contributed by atoms with E-state index in [1.54, 1.807) is 0 Å². The highest BCUT2D eigenvalue weighted by Gasteiger charge is 2.33. The Morgan fingerprint density at radius 1 is 1.30 bits per heavy atom. The van der Waals surface area contributed by atoms with Crippen molar-refractivity contribution in [2.75, 3.05) is 6.54 Å². The van der Waals surface area contributed by atoms with E-state index in [0.717, 1.165) is 18.9 Å². The van der Waals surface area contributed by atoms with Crippen molar-refractivity contribution in [1.29, 1.82) is 0 Å². The van der Waals surface area contributed by atoms with Gasteiger partial charge in [-0.3, -0.25) is 5.10 Å². The molecular formula is C17H31N3. The summed E-state index contributed by atoms with van der Waals surface area (Å²) in [6.07, 6.45) is 9.85. The first kappa shape index (κ1) is 15.6. The summed E-state index contributed by atoms with van der Waals surface area (Å²) >= 11 is 0. The summed E-state index contributed by atoms with van der Waals surface area (Å²) in [5.74, 6) is 0.826. The predicted octanol–water partition coefficient (Wildman–Crippen LogP) is 3.85. The largest absolute Gasteiger partial charge is 0.314 e. The van der Waals surface area contributed by atoms with Crippen LogP contribution in [0.2, 0.25) is 0 Å². The lowest BCUT2D eigenvalue weighted by atomic mass is 9.69. The third kappa shape index (κ3) is 4.08. The molecule has 114 valence electrons. The van der Waals surface area contributed by atoms with E-state index in [4.69, 9.17) is 0 Å². The Bertz CT molecular complexity index is 403. The monoisotopic (exact) mass is 277 g/mol. The molecule has 1 aliphatic rings. The number of aryl methyl sites for hydroxylation is 2. The molecule has 1 aliphatic carbocycles. The second kappa shape index (κ2) is 6.75. The third-order valence-corrected chi connectivity index (χ3v) is 4.84. The van der Waals surface area contributed by atoms with Gasteiger partial charge in [0.1, 0.15) is 0 Å². The molecule has 1 fully saturated rings. The van der Waals surface area contributed by atoms with Gasteiger partial charge in [0.2, 0.25) is 0 Å². The number of H-pyrrole nitrogens is 1. The maximum absolute atomic E-state index is 4.09. The second-order valence-corrected chi connectivity index (χ2v) is 7.44. The van der Waals surface area contributed by atoms with Crippen molar-refractivity contribution < 1.29 is 0 Å². The van der Waals surface area contributed by atoms with Crippen LogP contribution in [0.1, 0.15) is 64.1 Å². The quantitative estimate of drug-likeness (QED) is 0.803. The van der Waals surface area contributed by atoms with Crippen molar-refractivity contribution in [2.24, 2.45) is 11.3 Å². The lowest BCUT2D eigenvalue weighted by Crippen LogP contribution is -2.44. The molecule has 2 N–H and O–H groups in total. The zero-order chi connectivity index (χ0) is 14.6. The highest BCUT2D eigenvalue weighted by atomic mass is 15.1. The highest BCUT2D eigenvalue weighted by molar-refractivity contribution is 5.14. The zero-order valence-electron chi connectivity index (χ0n) is 13.6. The van der Waals surface area contributed by atoms with Gasteiger partial charge in [-0.1, -0.05) is 33.6 Å². The van der Waals surface area contributed by atoms with Crippen LogP contribution in [-0.4, -0.2) is 22.8 Å². The molecule has 0 bridgehead atoms. The Balaban J connectivity index is 1.76. The summed E-state index contributed by atoms with van der Waals surface area (Å²) < 4.78 is 0. The van der Waals surface area contributed by atoms with Crippen molar-refractivity contribution in [3.8, 4) is 0 Å². The van der Waals surface area contributed by atoms with Gasteiger partial charge < -0.3 is 5.32 Å². The number of nitrogens with one attached hydrogen (secondary N) is 2. The molecule has 0 saturated heterocycles. The molecular weight excluding hydrogens is 246 g/mol. The molecule has 1 aromatic heterocycles. The number of hydrogen-bond acceptors (Lipinski definition) is 2. The maximum Gasteiger partial charge on any atom is 0.0522 e. The van der Waals surface area contributed by atoms with Gasteiger partial charge in [-0.25, -0.2) is 0 Å². The van der Waals surface area contributed by atoms with E-state index in [2.05, 4.69) is 43.2 Å². The summed E-state index contributed by atoms with van der Waals surface area (Å²) in [7, 11) is 0. The van der Waals surface area contributed by atoms with Gasteiger partial charge in [0.15, 0.2) is 0 Å². The van der Waals surface area contributed by atoms with Crippen LogP contribution in [0, 0.1) is 18.3 Å². The summed E-state index contributed by atoms with van der Waals surface area (Å²) in [5, 5.41) is 10.9. The normalized spacial score (nSPS) is 24.0. The average Bonchev–Trinajstić information content (AvgIpc) is 2.80. The first-order valence-corrected chi connectivity index (χ1v) is 8.20. The lowest BCUT2D eigenvalue weighted by molar-refractivity contribution is 0.131. The molecule has 3 nitrogen and oxygen atoms in total. The number of hydrogen-bond donors (Lipinski definition) is 2. The molecule has 2 atom stereocenters. The van der Waals surface area contributed by atoms with Crippen LogP contribution in [0.25, 0.3) is 0 Å². The fourth-order valence-corrected chi connectivity index (χ4v) is 3.61. The molecule has 0 spiro atoms. The van der Waals surface area contributed by atoms with Crippen LogP contribution in [0.4, 0.5) is 0 Å². The minimum Gasteiger partial charge on any atom is -0.314 e. The van der Waals surface area contributed by atoms with E-state index in [1.165, 1.54) is 43.4 Å². The molecule has 1 saturated carbocycles. The SMILES string of the molecule is Cc1[nH]ncc1CCCNC1CCCCC1C(C)(C)C. The van der Waals surface area contributed by atoms with Crippen molar-refractivity contribution in [3.05, 3.63) is 17.5 Å².